The summed E-state index contributed by atoms with van der Waals surface area (Å²) in [6.07, 6.45) is 0. The first-order valence-corrected chi connectivity index (χ1v) is 8.47. The summed E-state index contributed by atoms with van der Waals surface area (Å²) in [6.45, 7) is 1.77. The molecular weight excluding hydrogens is 363 g/mol. The van der Waals surface area contributed by atoms with Gasteiger partial charge in [-0.05, 0) is 25.1 Å². The van der Waals surface area contributed by atoms with E-state index in [9.17, 15) is 4.39 Å². The molecule has 1 aromatic heterocycles. The SMILES string of the molecule is COc1cc(Nc2cc(Nc3cccc(F)c3)nc(C)n2)cc(OC)c1OC. The van der Waals surface area contributed by atoms with Crippen molar-refractivity contribution in [2.75, 3.05) is 32.0 Å². The minimum Gasteiger partial charge on any atom is -0.493 e. The Bertz CT molecular complexity index is 956. The number of benzene rings is 2. The molecule has 8 heteroatoms. The first-order valence-electron chi connectivity index (χ1n) is 8.47. The number of aryl methyl sites for hydroxylation is 1. The highest BCUT2D eigenvalue weighted by Gasteiger charge is 2.14. The summed E-state index contributed by atoms with van der Waals surface area (Å²) in [7, 11) is 4.65. The Kier molecular flexibility index (Phi) is 5.78. The Balaban J connectivity index is 1.89. The highest BCUT2D eigenvalue weighted by Crippen LogP contribution is 2.40. The smallest absolute Gasteiger partial charge is 0.203 e. The number of ether oxygens (including phenoxy) is 3. The van der Waals surface area contributed by atoms with E-state index in [1.807, 2.05) is 0 Å². The molecule has 0 aliphatic carbocycles. The van der Waals surface area contributed by atoms with E-state index >= 15 is 0 Å². The van der Waals surface area contributed by atoms with Crippen LogP contribution in [0.3, 0.4) is 0 Å². The summed E-state index contributed by atoms with van der Waals surface area (Å²) in [4.78, 5) is 8.73. The number of anilines is 4. The molecule has 3 rings (SSSR count). The summed E-state index contributed by atoms with van der Waals surface area (Å²) in [5.41, 5.74) is 1.29. The lowest BCUT2D eigenvalue weighted by Gasteiger charge is -2.15. The van der Waals surface area contributed by atoms with Gasteiger partial charge in [0, 0.05) is 29.6 Å². The monoisotopic (exact) mass is 384 g/mol. The summed E-state index contributed by atoms with van der Waals surface area (Å²) in [5, 5.41) is 6.28. The van der Waals surface area contributed by atoms with Gasteiger partial charge >= 0.3 is 0 Å². The fraction of sp³-hybridized carbons (Fsp3) is 0.200. The van der Waals surface area contributed by atoms with E-state index in [2.05, 4.69) is 20.6 Å². The first kappa shape index (κ1) is 19.2. The lowest BCUT2D eigenvalue weighted by molar-refractivity contribution is 0.324. The molecular formula is C20H21FN4O3. The third kappa shape index (κ3) is 4.40. The van der Waals surface area contributed by atoms with Crippen LogP contribution in [0.5, 0.6) is 17.2 Å². The molecule has 0 unspecified atom stereocenters. The van der Waals surface area contributed by atoms with Crippen molar-refractivity contribution in [2.45, 2.75) is 6.92 Å². The number of halogens is 1. The molecule has 0 fully saturated rings. The zero-order chi connectivity index (χ0) is 20.1. The van der Waals surface area contributed by atoms with Crippen molar-refractivity contribution >= 4 is 23.0 Å². The fourth-order valence-corrected chi connectivity index (χ4v) is 2.71. The molecule has 0 aliphatic heterocycles. The zero-order valence-corrected chi connectivity index (χ0v) is 16.0. The topological polar surface area (TPSA) is 77.5 Å². The molecule has 2 aromatic carbocycles. The number of nitrogens with one attached hydrogen (secondary N) is 2. The van der Waals surface area contributed by atoms with E-state index in [1.165, 1.54) is 12.1 Å². The quantitative estimate of drug-likeness (QED) is 0.624. The highest BCUT2D eigenvalue weighted by atomic mass is 19.1. The molecule has 2 N–H and O–H groups in total. The van der Waals surface area contributed by atoms with Gasteiger partial charge in [-0.15, -0.1) is 0 Å². The Morgan fingerprint density at radius 3 is 1.93 bits per heavy atom. The van der Waals surface area contributed by atoms with E-state index in [0.717, 1.165) is 0 Å². The lowest BCUT2D eigenvalue weighted by atomic mass is 10.2. The average molecular weight is 384 g/mol. The summed E-state index contributed by atoms with van der Waals surface area (Å²) >= 11 is 0. The predicted octanol–water partition coefficient (Wildman–Crippen LogP) is 4.44. The normalized spacial score (nSPS) is 10.3. The van der Waals surface area contributed by atoms with Gasteiger partial charge in [-0.1, -0.05) is 6.07 Å². The molecule has 3 aromatic rings. The Morgan fingerprint density at radius 2 is 1.39 bits per heavy atom. The fourth-order valence-electron chi connectivity index (χ4n) is 2.71. The van der Waals surface area contributed by atoms with Crippen LogP contribution in [0.4, 0.5) is 27.4 Å². The van der Waals surface area contributed by atoms with Crippen LogP contribution in [-0.2, 0) is 0 Å². The molecule has 0 bridgehead atoms. The number of methoxy groups -OCH3 is 3. The van der Waals surface area contributed by atoms with Gasteiger partial charge in [0.15, 0.2) is 11.5 Å². The van der Waals surface area contributed by atoms with Crippen molar-refractivity contribution in [1.29, 1.82) is 0 Å². The molecule has 1 heterocycles. The maximum absolute atomic E-state index is 13.4. The van der Waals surface area contributed by atoms with Gasteiger partial charge in [-0.25, -0.2) is 14.4 Å². The second-order valence-electron chi connectivity index (χ2n) is 5.86. The summed E-state index contributed by atoms with van der Waals surface area (Å²) in [5.74, 6) is 2.86. The molecule has 146 valence electrons. The largest absolute Gasteiger partial charge is 0.493 e. The van der Waals surface area contributed by atoms with Gasteiger partial charge < -0.3 is 24.8 Å². The van der Waals surface area contributed by atoms with E-state index < -0.39 is 0 Å². The number of nitrogens with zero attached hydrogens (tertiary/aromatic N) is 2. The van der Waals surface area contributed by atoms with Gasteiger partial charge in [0.25, 0.3) is 0 Å². The number of hydrogen-bond donors (Lipinski definition) is 2. The van der Waals surface area contributed by atoms with Crippen LogP contribution in [0.1, 0.15) is 5.82 Å². The van der Waals surface area contributed by atoms with Gasteiger partial charge in [-0.3, -0.25) is 0 Å². The maximum Gasteiger partial charge on any atom is 0.203 e. The molecule has 0 amide bonds. The van der Waals surface area contributed by atoms with E-state index in [-0.39, 0.29) is 5.82 Å². The molecule has 0 aliphatic rings. The van der Waals surface area contributed by atoms with Crippen LogP contribution in [0.15, 0.2) is 42.5 Å². The molecule has 0 radical (unpaired) electrons. The molecule has 28 heavy (non-hydrogen) atoms. The highest BCUT2D eigenvalue weighted by molar-refractivity contribution is 5.68. The van der Waals surface area contributed by atoms with Crippen LogP contribution >= 0.6 is 0 Å². The van der Waals surface area contributed by atoms with Gasteiger partial charge in [0.05, 0.1) is 21.3 Å². The van der Waals surface area contributed by atoms with Gasteiger partial charge in [0.1, 0.15) is 23.3 Å². The van der Waals surface area contributed by atoms with Gasteiger partial charge in [-0.2, -0.15) is 0 Å². The standard InChI is InChI=1S/C20H21FN4O3/c1-12-22-18(24-14-7-5-6-13(21)8-14)11-19(23-12)25-15-9-16(26-2)20(28-4)17(10-15)27-3/h5-11H,1-4H3,(H2,22,23,24,25). The first-order chi connectivity index (χ1) is 13.5. The van der Waals surface area contributed by atoms with Crippen molar-refractivity contribution in [1.82, 2.24) is 9.97 Å². The van der Waals surface area contributed by atoms with Crippen LogP contribution in [0.2, 0.25) is 0 Å². The maximum atomic E-state index is 13.4. The average Bonchev–Trinajstić information content (AvgIpc) is 2.66. The molecule has 0 saturated heterocycles. The van der Waals surface area contributed by atoms with Crippen LogP contribution in [0.25, 0.3) is 0 Å². The van der Waals surface area contributed by atoms with Crippen molar-refractivity contribution in [3.63, 3.8) is 0 Å². The molecule has 0 saturated carbocycles. The predicted molar refractivity (Wildman–Crippen MR) is 106 cm³/mol. The van der Waals surface area contributed by atoms with Crippen molar-refractivity contribution in [3.8, 4) is 17.2 Å². The second kappa shape index (κ2) is 8.43. The van der Waals surface area contributed by atoms with Crippen molar-refractivity contribution < 1.29 is 18.6 Å². The lowest BCUT2D eigenvalue weighted by Crippen LogP contribution is -2.02. The van der Waals surface area contributed by atoms with Crippen molar-refractivity contribution in [2.24, 2.45) is 0 Å². The van der Waals surface area contributed by atoms with Crippen LogP contribution < -0.4 is 24.8 Å². The number of rotatable bonds is 7. The van der Waals surface area contributed by atoms with Crippen LogP contribution in [-0.4, -0.2) is 31.3 Å². The van der Waals surface area contributed by atoms with Gasteiger partial charge in [0.2, 0.25) is 5.75 Å². The third-order valence-electron chi connectivity index (χ3n) is 3.87. The minimum atomic E-state index is -0.327. The molecule has 7 nitrogen and oxygen atoms in total. The Labute approximate surface area is 162 Å². The Hall–Kier alpha value is -3.55. The van der Waals surface area contributed by atoms with E-state index in [0.29, 0.717) is 46.1 Å². The number of aromatic nitrogens is 2. The second-order valence-corrected chi connectivity index (χ2v) is 5.86. The Morgan fingerprint density at radius 1 is 0.786 bits per heavy atom. The third-order valence-corrected chi connectivity index (χ3v) is 3.87. The minimum absolute atomic E-state index is 0.327. The number of hydrogen-bond acceptors (Lipinski definition) is 7. The molecule has 0 atom stereocenters. The van der Waals surface area contributed by atoms with E-state index in [1.54, 1.807) is 58.6 Å². The molecule has 0 spiro atoms. The zero-order valence-electron chi connectivity index (χ0n) is 16.0. The summed E-state index contributed by atoms with van der Waals surface area (Å²) < 4.78 is 29.5. The van der Waals surface area contributed by atoms with Crippen LogP contribution in [0, 0.1) is 12.7 Å². The summed E-state index contributed by atoms with van der Waals surface area (Å²) in [6, 6.07) is 11.4. The van der Waals surface area contributed by atoms with Crippen molar-refractivity contribution in [3.05, 3.63) is 54.1 Å². The van der Waals surface area contributed by atoms with E-state index in [4.69, 9.17) is 14.2 Å².